The van der Waals surface area contributed by atoms with Gasteiger partial charge < -0.3 is 15.4 Å². The van der Waals surface area contributed by atoms with Gasteiger partial charge in [0.1, 0.15) is 5.60 Å². The van der Waals surface area contributed by atoms with E-state index in [0.717, 1.165) is 23.9 Å². The van der Waals surface area contributed by atoms with Crippen LogP contribution in [-0.4, -0.2) is 24.3 Å². The average Bonchev–Trinajstić information content (AvgIpc) is 2.90. The lowest BCUT2D eigenvalue weighted by atomic mass is 10.0. The minimum Gasteiger partial charge on any atom is -0.444 e. The number of rotatable bonds is 5. The van der Waals surface area contributed by atoms with Crippen LogP contribution in [0.3, 0.4) is 0 Å². The Kier molecular flexibility index (Phi) is 6.48. The number of benzene rings is 1. The Morgan fingerprint density at radius 2 is 2.04 bits per heavy atom. The van der Waals surface area contributed by atoms with Crippen LogP contribution in [0.4, 0.5) is 4.79 Å². The summed E-state index contributed by atoms with van der Waals surface area (Å²) in [5, 5.41) is 6.55. The van der Waals surface area contributed by atoms with Gasteiger partial charge in [0, 0.05) is 23.6 Å². The van der Waals surface area contributed by atoms with E-state index in [4.69, 9.17) is 4.74 Å². The first-order valence-corrected chi connectivity index (χ1v) is 9.08. The predicted octanol–water partition coefficient (Wildman–Crippen LogP) is 4.23. The van der Waals surface area contributed by atoms with Crippen molar-refractivity contribution in [3.63, 3.8) is 0 Å². The zero-order valence-corrected chi connectivity index (χ0v) is 15.8. The minimum absolute atomic E-state index is 0.325. The van der Waals surface area contributed by atoms with Crippen LogP contribution >= 0.6 is 15.9 Å². The molecule has 1 amide bonds. The van der Waals surface area contributed by atoms with Gasteiger partial charge in [-0.25, -0.2) is 4.79 Å². The van der Waals surface area contributed by atoms with Crippen molar-refractivity contribution in [2.75, 3.05) is 6.54 Å². The fraction of sp³-hybridized carbons (Fsp3) is 0.611. The summed E-state index contributed by atoms with van der Waals surface area (Å²) >= 11 is 3.59. The van der Waals surface area contributed by atoms with Gasteiger partial charge in [0.2, 0.25) is 0 Å². The summed E-state index contributed by atoms with van der Waals surface area (Å²) in [6, 6.07) is 8.71. The van der Waals surface area contributed by atoms with Crippen molar-refractivity contribution in [3.05, 3.63) is 34.3 Å². The van der Waals surface area contributed by atoms with E-state index in [1.54, 1.807) is 0 Å². The molecule has 1 aromatic carbocycles. The molecule has 5 heteroatoms. The molecular weight excluding hydrogens is 356 g/mol. The molecule has 0 saturated heterocycles. The highest BCUT2D eigenvalue weighted by molar-refractivity contribution is 9.10. The maximum atomic E-state index is 11.8. The first kappa shape index (κ1) is 18.3. The number of amides is 1. The lowest BCUT2D eigenvalue weighted by molar-refractivity contribution is 0.0517. The van der Waals surface area contributed by atoms with Crippen LogP contribution in [0.2, 0.25) is 0 Å². The van der Waals surface area contributed by atoms with Crippen molar-refractivity contribution in [2.24, 2.45) is 5.92 Å². The zero-order chi connectivity index (χ0) is 16.9. The van der Waals surface area contributed by atoms with Crippen LogP contribution in [0, 0.1) is 5.92 Å². The molecule has 0 radical (unpaired) electrons. The van der Waals surface area contributed by atoms with Gasteiger partial charge in [0.25, 0.3) is 0 Å². The highest BCUT2D eigenvalue weighted by Gasteiger charge is 2.27. The molecule has 2 N–H and O–H groups in total. The number of nitrogens with one attached hydrogen (secondary N) is 2. The highest BCUT2D eigenvalue weighted by atomic mass is 79.9. The Morgan fingerprint density at radius 3 is 2.74 bits per heavy atom. The van der Waals surface area contributed by atoms with E-state index in [2.05, 4.69) is 44.8 Å². The number of hydrogen-bond acceptors (Lipinski definition) is 3. The molecule has 1 fully saturated rings. The molecule has 0 heterocycles. The third-order valence-corrected chi connectivity index (χ3v) is 4.85. The summed E-state index contributed by atoms with van der Waals surface area (Å²) in [5.74, 6) is 0.463. The average molecular weight is 383 g/mol. The molecule has 0 bridgehead atoms. The third kappa shape index (κ3) is 6.15. The van der Waals surface area contributed by atoms with Gasteiger partial charge >= 0.3 is 6.09 Å². The summed E-state index contributed by atoms with van der Waals surface area (Å²) in [6.45, 7) is 7.15. The van der Waals surface area contributed by atoms with E-state index in [-0.39, 0.29) is 6.09 Å². The minimum atomic E-state index is -0.447. The summed E-state index contributed by atoms with van der Waals surface area (Å²) < 4.78 is 6.43. The quantitative estimate of drug-likeness (QED) is 0.800. The fourth-order valence-corrected chi connectivity index (χ4v) is 3.39. The Balaban J connectivity index is 1.79. The number of hydrogen-bond donors (Lipinski definition) is 2. The van der Waals surface area contributed by atoms with Crippen LogP contribution in [-0.2, 0) is 11.3 Å². The van der Waals surface area contributed by atoms with E-state index < -0.39 is 5.60 Å². The molecule has 1 aliphatic carbocycles. The van der Waals surface area contributed by atoms with E-state index in [0.29, 0.717) is 18.5 Å². The van der Waals surface area contributed by atoms with E-state index in [9.17, 15) is 4.79 Å². The maximum Gasteiger partial charge on any atom is 0.407 e. The second-order valence-electron chi connectivity index (χ2n) is 7.15. The van der Waals surface area contributed by atoms with E-state index in [1.165, 1.54) is 12.0 Å². The van der Waals surface area contributed by atoms with Crippen molar-refractivity contribution < 1.29 is 9.53 Å². The molecule has 2 rings (SSSR count). The Labute approximate surface area is 147 Å². The second kappa shape index (κ2) is 8.15. The Hall–Kier alpha value is -1.07. The molecular formula is C18H27BrN2O2. The molecule has 0 aliphatic heterocycles. The molecule has 0 spiro atoms. The summed E-state index contributed by atoms with van der Waals surface area (Å²) in [4.78, 5) is 11.8. The first-order valence-electron chi connectivity index (χ1n) is 8.29. The number of ether oxygens (including phenoxy) is 1. The Bertz CT molecular complexity index is 528. The van der Waals surface area contributed by atoms with Crippen LogP contribution in [0.1, 0.15) is 45.6 Å². The van der Waals surface area contributed by atoms with Crippen LogP contribution in [0.15, 0.2) is 28.7 Å². The number of alkyl carbamates (subject to hydrolysis) is 1. The standard InChI is InChI=1S/C18H27BrN2O2/c1-18(2,3)23-17(22)21-12-14-8-6-10-16(14)20-11-13-7-4-5-9-15(13)19/h4-5,7,9,14,16,20H,6,8,10-12H2,1-3H3,(H,21,22). The Morgan fingerprint density at radius 1 is 1.30 bits per heavy atom. The summed E-state index contributed by atoms with van der Waals surface area (Å²) in [7, 11) is 0. The van der Waals surface area contributed by atoms with Crippen LogP contribution < -0.4 is 10.6 Å². The van der Waals surface area contributed by atoms with Gasteiger partial charge in [0.15, 0.2) is 0 Å². The van der Waals surface area contributed by atoms with Crippen LogP contribution in [0.25, 0.3) is 0 Å². The second-order valence-corrected chi connectivity index (χ2v) is 8.01. The van der Waals surface area contributed by atoms with Gasteiger partial charge in [-0.2, -0.15) is 0 Å². The van der Waals surface area contributed by atoms with Gasteiger partial charge in [-0.1, -0.05) is 40.5 Å². The van der Waals surface area contributed by atoms with Gasteiger partial charge in [0.05, 0.1) is 0 Å². The number of carbonyl (C=O) groups is 1. The molecule has 1 aromatic rings. The van der Waals surface area contributed by atoms with Gasteiger partial charge in [-0.3, -0.25) is 0 Å². The van der Waals surface area contributed by atoms with Crippen molar-refractivity contribution in [3.8, 4) is 0 Å². The van der Waals surface area contributed by atoms with Crippen LogP contribution in [0.5, 0.6) is 0 Å². The van der Waals surface area contributed by atoms with Crippen molar-refractivity contribution >= 4 is 22.0 Å². The van der Waals surface area contributed by atoms with Gasteiger partial charge in [-0.15, -0.1) is 0 Å². The zero-order valence-electron chi connectivity index (χ0n) is 14.2. The molecule has 1 aliphatic rings. The normalized spacial score (nSPS) is 21.2. The lowest BCUT2D eigenvalue weighted by Gasteiger charge is -2.24. The molecule has 2 unspecified atom stereocenters. The monoisotopic (exact) mass is 382 g/mol. The number of halogens is 1. The maximum absolute atomic E-state index is 11.8. The molecule has 4 nitrogen and oxygen atoms in total. The van der Waals surface area contributed by atoms with Crippen molar-refractivity contribution in [1.82, 2.24) is 10.6 Å². The lowest BCUT2D eigenvalue weighted by Crippen LogP contribution is -2.40. The topological polar surface area (TPSA) is 50.4 Å². The summed E-state index contributed by atoms with van der Waals surface area (Å²) in [5.41, 5.74) is 0.815. The van der Waals surface area contributed by atoms with Crippen molar-refractivity contribution in [1.29, 1.82) is 0 Å². The fourth-order valence-electron chi connectivity index (χ4n) is 2.96. The molecule has 128 valence electrons. The number of carbonyl (C=O) groups excluding carboxylic acids is 1. The molecule has 1 saturated carbocycles. The molecule has 23 heavy (non-hydrogen) atoms. The first-order chi connectivity index (χ1) is 10.8. The smallest absolute Gasteiger partial charge is 0.407 e. The van der Waals surface area contributed by atoms with Crippen molar-refractivity contribution in [2.45, 2.75) is 58.2 Å². The SMILES string of the molecule is CC(C)(C)OC(=O)NCC1CCCC1NCc1ccccc1Br. The predicted molar refractivity (Wildman–Crippen MR) is 96.3 cm³/mol. The molecule has 2 atom stereocenters. The largest absolute Gasteiger partial charge is 0.444 e. The highest BCUT2D eigenvalue weighted by Crippen LogP contribution is 2.26. The third-order valence-electron chi connectivity index (χ3n) is 4.08. The van der Waals surface area contributed by atoms with E-state index >= 15 is 0 Å². The van der Waals surface area contributed by atoms with Gasteiger partial charge in [-0.05, 0) is 51.2 Å². The molecule has 0 aromatic heterocycles. The summed E-state index contributed by atoms with van der Waals surface area (Å²) in [6.07, 6.45) is 3.18. The van der Waals surface area contributed by atoms with E-state index in [1.807, 2.05) is 26.8 Å².